The molecule has 0 spiro atoms. The van der Waals surface area contributed by atoms with E-state index in [-0.39, 0.29) is 11.2 Å². The van der Waals surface area contributed by atoms with Gasteiger partial charge in [0.25, 0.3) is 5.69 Å². The maximum absolute atomic E-state index is 11.6. The first-order chi connectivity index (χ1) is 8.66. The van der Waals surface area contributed by atoms with E-state index in [1.54, 1.807) is 12.1 Å². The van der Waals surface area contributed by atoms with E-state index in [0.717, 1.165) is 0 Å². The molecule has 0 amide bonds. The summed E-state index contributed by atoms with van der Waals surface area (Å²) in [5.74, 6) is 0. The van der Waals surface area contributed by atoms with Gasteiger partial charge in [0, 0.05) is 29.1 Å². The fraction of sp³-hybridized carbons (Fsp3) is 0. The molecule has 1 aromatic carbocycles. The van der Waals surface area contributed by atoms with Crippen LogP contribution in [-0.2, 0) is 0 Å². The van der Waals surface area contributed by atoms with Crippen LogP contribution in [0.5, 0.6) is 0 Å². The monoisotopic (exact) mass is 242 g/mol. The lowest BCUT2D eigenvalue weighted by Gasteiger charge is -2.01. The molecule has 0 bridgehead atoms. The van der Waals surface area contributed by atoms with Crippen molar-refractivity contribution in [1.29, 1.82) is 0 Å². The van der Waals surface area contributed by atoms with Crippen LogP contribution in [0.2, 0.25) is 0 Å². The molecule has 0 saturated heterocycles. The van der Waals surface area contributed by atoms with E-state index in [4.69, 9.17) is 4.42 Å². The summed E-state index contributed by atoms with van der Waals surface area (Å²) in [4.78, 5) is 25.8. The van der Waals surface area contributed by atoms with Crippen LogP contribution in [-0.4, -0.2) is 9.91 Å². The van der Waals surface area contributed by atoms with Gasteiger partial charge < -0.3 is 4.42 Å². The number of hydrogen-bond acceptors (Lipinski definition) is 5. The molecule has 6 nitrogen and oxygen atoms in total. The van der Waals surface area contributed by atoms with Crippen molar-refractivity contribution in [2.24, 2.45) is 0 Å². The Bertz CT molecular complexity index is 838. The number of nitro groups is 1. The highest BCUT2D eigenvalue weighted by Crippen LogP contribution is 2.25. The number of rotatable bonds is 1. The van der Waals surface area contributed by atoms with E-state index in [0.29, 0.717) is 16.4 Å². The van der Waals surface area contributed by atoms with Gasteiger partial charge in [-0.1, -0.05) is 6.07 Å². The van der Waals surface area contributed by atoms with Crippen molar-refractivity contribution in [1.82, 2.24) is 4.98 Å². The van der Waals surface area contributed by atoms with Crippen molar-refractivity contribution in [2.45, 2.75) is 0 Å². The molecule has 6 heteroatoms. The van der Waals surface area contributed by atoms with Gasteiger partial charge in [0.05, 0.1) is 4.92 Å². The van der Waals surface area contributed by atoms with Crippen molar-refractivity contribution in [3.8, 4) is 0 Å². The summed E-state index contributed by atoms with van der Waals surface area (Å²) in [6.45, 7) is 0. The van der Waals surface area contributed by atoms with Gasteiger partial charge in [-0.15, -0.1) is 0 Å². The number of nitrogens with zero attached hydrogens (tertiary/aromatic N) is 2. The van der Waals surface area contributed by atoms with E-state index in [2.05, 4.69) is 4.98 Å². The van der Waals surface area contributed by atoms with Crippen molar-refractivity contribution < 1.29 is 9.34 Å². The molecule has 0 atom stereocenters. The lowest BCUT2D eigenvalue weighted by molar-refractivity contribution is -0.384. The second-order valence-corrected chi connectivity index (χ2v) is 3.73. The molecule has 0 radical (unpaired) electrons. The SMILES string of the molecule is O=c1oc2ccc([N+](=O)[O-])cc2c2cccnc12. The average molecular weight is 242 g/mol. The van der Waals surface area contributed by atoms with Crippen molar-refractivity contribution in [2.75, 3.05) is 0 Å². The lowest BCUT2D eigenvalue weighted by atomic mass is 10.1. The van der Waals surface area contributed by atoms with Gasteiger partial charge in [-0.2, -0.15) is 0 Å². The third-order valence-electron chi connectivity index (χ3n) is 2.67. The number of pyridine rings is 1. The second-order valence-electron chi connectivity index (χ2n) is 3.73. The highest BCUT2D eigenvalue weighted by molar-refractivity contribution is 6.03. The Hall–Kier alpha value is -2.76. The number of nitro benzene ring substituents is 1. The van der Waals surface area contributed by atoms with Crippen LogP contribution >= 0.6 is 0 Å². The standard InChI is InChI=1S/C12H6N2O4/c15-12-11-8(2-1-5-13-11)9-6-7(14(16)17)3-4-10(9)18-12/h1-6H. The minimum atomic E-state index is -0.549. The van der Waals surface area contributed by atoms with Crippen molar-refractivity contribution in [3.05, 3.63) is 57.1 Å². The van der Waals surface area contributed by atoms with Crippen LogP contribution in [0.25, 0.3) is 21.9 Å². The zero-order valence-corrected chi connectivity index (χ0v) is 8.99. The summed E-state index contributed by atoms with van der Waals surface area (Å²) in [5.41, 5.74) is -0.120. The molecule has 3 aromatic rings. The van der Waals surface area contributed by atoms with Gasteiger partial charge in [0.1, 0.15) is 5.58 Å². The summed E-state index contributed by atoms with van der Waals surface area (Å²) in [6.07, 6.45) is 1.47. The molecule has 0 unspecified atom stereocenters. The quantitative estimate of drug-likeness (QED) is 0.282. The van der Waals surface area contributed by atoms with Gasteiger partial charge >= 0.3 is 5.63 Å². The van der Waals surface area contributed by atoms with Gasteiger partial charge in [0.15, 0.2) is 5.52 Å². The number of hydrogen-bond donors (Lipinski definition) is 0. The highest BCUT2D eigenvalue weighted by atomic mass is 16.6. The van der Waals surface area contributed by atoms with Crippen LogP contribution in [0.15, 0.2) is 45.7 Å². The third-order valence-corrected chi connectivity index (χ3v) is 2.67. The van der Waals surface area contributed by atoms with Crippen molar-refractivity contribution in [3.63, 3.8) is 0 Å². The first-order valence-corrected chi connectivity index (χ1v) is 5.13. The van der Waals surface area contributed by atoms with Crippen LogP contribution in [0.1, 0.15) is 0 Å². The molecule has 0 aliphatic heterocycles. The van der Waals surface area contributed by atoms with E-state index < -0.39 is 10.5 Å². The molecule has 0 aliphatic carbocycles. The first kappa shape index (κ1) is 10.4. The van der Waals surface area contributed by atoms with E-state index >= 15 is 0 Å². The highest BCUT2D eigenvalue weighted by Gasteiger charge is 2.12. The zero-order chi connectivity index (χ0) is 12.7. The summed E-state index contributed by atoms with van der Waals surface area (Å²) >= 11 is 0. The van der Waals surface area contributed by atoms with Gasteiger partial charge in [0.2, 0.25) is 0 Å². The largest absolute Gasteiger partial charge is 0.421 e. The molecule has 2 heterocycles. The molecule has 2 aromatic heterocycles. The Labute approximate surface area is 99.6 Å². The molecular weight excluding hydrogens is 236 g/mol. The number of benzene rings is 1. The maximum Gasteiger partial charge on any atom is 0.362 e. The van der Waals surface area contributed by atoms with Gasteiger partial charge in [-0.05, 0) is 12.1 Å². The Morgan fingerprint density at radius 1 is 1.22 bits per heavy atom. The number of aromatic nitrogens is 1. The number of fused-ring (bicyclic) bond motifs is 3. The van der Waals surface area contributed by atoms with Crippen molar-refractivity contribution >= 4 is 27.6 Å². The maximum atomic E-state index is 11.6. The molecular formula is C12H6N2O4. The molecule has 0 fully saturated rings. The normalized spacial score (nSPS) is 10.9. The van der Waals surface area contributed by atoms with E-state index in [1.807, 2.05) is 0 Å². The van der Waals surface area contributed by atoms with Gasteiger partial charge in [-0.3, -0.25) is 10.1 Å². The summed E-state index contributed by atoms with van der Waals surface area (Å²) < 4.78 is 5.07. The fourth-order valence-electron chi connectivity index (χ4n) is 1.86. The lowest BCUT2D eigenvalue weighted by Crippen LogP contribution is -2.01. The van der Waals surface area contributed by atoms with E-state index in [1.165, 1.54) is 24.4 Å². The zero-order valence-electron chi connectivity index (χ0n) is 8.99. The predicted octanol–water partition coefficient (Wildman–Crippen LogP) is 2.25. The van der Waals surface area contributed by atoms with Crippen LogP contribution in [0.4, 0.5) is 5.69 Å². The third kappa shape index (κ3) is 1.43. The Morgan fingerprint density at radius 2 is 2.06 bits per heavy atom. The smallest absolute Gasteiger partial charge is 0.362 e. The molecule has 3 rings (SSSR count). The minimum Gasteiger partial charge on any atom is -0.421 e. The predicted molar refractivity (Wildman–Crippen MR) is 64.4 cm³/mol. The topological polar surface area (TPSA) is 86.2 Å². The average Bonchev–Trinajstić information content (AvgIpc) is 2.38. The molecule has 0 saturated carbocycles. The summed E-state index contributed by atoms with van der Waals surface area (Å²) in [6, 6.07) is 7.45. The fourth-order valence-corrected chi connectivity index (χ4v) is 1.86. The van der Waals surface area contributed by atoms with E-state index in [9.17, 15) is 14.9 Å². The molecule has 0 aliphatic rings. The second kappa shape index (κ2) is 3.63. The van der Waals surface area contributed by atoms with Crippen LogP contribution in [0, 0.1) is 10.1 Å². The number of non-ortho nitro benzene ring substituents is 1. The Morgan fingerprint density at radius 3 is 2.83 bits per heavy atom. The van der Waals surface area contributed by atoms with Crippen LogP contribution < -0.4 is 5.63 Å². The summed E-state index contributed by atoms with van der Waals surface area (Å²) in [5, 5.41) is 11.8. The van der Waals surface area contributed by atoms with Crippen LogP contribution in [0.3, 0.4) is 0 Å². The van der Waals surface area contributed by atoms with Gasteiger partial charge in [-0.25, -0.2) is 9.78 Å². The molecule has 88 valence electrons. The first-order valence-electron chi connectivity index (χ1n) is 5.13. The minimum absolute atomic E-state index is 0.0542. The summed E-state index contributed by atoms with van der Waals surface area (Å²) in [7, 11) is 0. The molecule has 0 N–H and O–H groups in total. The Balaban J connectivity index is 2.54. The Kier molecular flexibility index (Phi) is 2.09. The molecule has 18 heavy (non-hydrogen) atoms.